The zero-order valence-electron chi connectivity index (χ0n) is 10.4. The quantitative estimate of drug-likeness (QED) is 0.819. The second kappa shape index (κ2) is 5.04. The highest BCUT2D eigenvalue weighted by Gasteiger charge is 2.22. The number of amides is 2. The molecule has 4 heteroatoms. The molecule has 1 aliphatic heterocycles. The molecule has 0 saturated carbocycles. The summed E-state index contributed by atoms with van der Waals surface area (Å²) in [7, 11) is 0. The molecule has 18 heavy (non-hydrogen) atoms. The molecule has 0 aromatic heterocycles. The van der Waals surface area contributed by atoms with Gasteiger partial charge in [-0.2, -0.15) is 0 Å². The van der Waals surface area contributed by atoms with Gasteiger partial charge in [-0.05, 0) is 30.2 Å². The van der Waals surface area contributed by atoms with Crippen LogP contribution in [0.5, 0.6) is 0 Å². The second-order valence-electron chi connectivity index (χ2n) is 4.26. The Kier molecular flexibility index (Phi) is 3.46. The highest BCUT2D eigenvalue weighted by molar-refractivity contribution is 5.97. The topological polar surface area (TPSA) is 49.4 Å². The number of carbonyl (C=O) groups excluding carboxylic acids is 2. The van der Waals surface area contributed by atoms with Crippen LogP contribution in [0.4, 0.5) is 5.69 Å². The summed E-state index contributed by atoms with van der Waals surface area (Å²) in [6.07, 6.45) is 2.44. The van der Waals surface area contributed by atoms with Gasteiger partial charge in [-0.25, -0.2) is 0 Å². The molecule has 0 radical (unpaired) electrons. The maximum Gasteiger partial charge on any atom is 0.251 e. The number of fused-ring (bicyclic) bond motifs is 1. The van der Waals surface area contributed by atoms with E-state index in [1.165, 1.54) is 0 Å². The smallest absolute Gasteiger partial charge is 0.251 e. The molecule has 2 rings (SSSR count). The van der Waals surface area contributed by atoms with Crippen molar-refractivity contribution in [1.29, 1.82) is 0 Å². The largest absolute Gasteiger partial charge is 0.349 e. The van der Waals surface area contributed by atoms with Gasteiger partial charge in [-0.1, -0.05) is 6.08 Å². The molecule has 0 fully saturated rings. The Morgan fingerprint density at radius 3 is 2.94 bits per heavy atom. The van der Waals surface area contributed by atoms with Gasteiger partial charge in [0, 0.05) is 31.3 Å². The number of hydrogen-bond acceptors (Lipinski definition) is 2. The maximum atomic E-state index is 11.8. The highest BCUT2D eigenvalue weighted by atomic mass is 16.2. The van der Waals surface area contributed by atoms with Crippen molar-refractivity contribution in [2.75, 3.05) is 18.0 Å². The molecule has 1 aromatic carbocycles. The van der Waals surface area contributed by atoms with Gasteiger partial charge < -0.3 is 10.2 Å². The minimum absolute atomic E-state index is 0.0395. The molecular formula is C14H16N2O2. The van der Waals surface area contributed by atoms with Crippen molar-refractivity contribution in [3.63, 3.8) is 0 Å². The van der Waals surface area contributed by atoms with E-state index in [1.807, 2.05) is 12.1 Å². The van der Waals surface area contributed by atoms with Crippen LogP contribution >= 0.6 is 0 Å². The van der Waals surface area contributed by atoms with Crippen LogP contribution in [0.25, 0.3) is 0 Å². The Hall–Kier alpha value is -2.10. The van der Waals surface area contributed by atoms with Crippen LogP contribution in [-0.2, 0) is 11.2 Å². The van der Waals surface area contributed by atoms with Crippen LogP contribution in [0, 0.1) is 0 Å². The van der Waals surface area contributed by atoms with Gasteiger partial charge in [0.05, 0.1) is 0 Å². The van der Waals surface area contributed by atoms with Crippen LogP contribution in [-0.4, -0.2) is 24.9 Å². The first-order chi connectivity index (χ1) is 8.63. The van der Waals surface area contributed by atoms with Gasteiger partial charge in [0.15, 0.2) is 0 Å². The first kappa shape index (κ1) is 12.4. The van der Waals surface area contributed by atoms with E-state index in [9.17, 15) is 9.59 Å². The van der Waals surface area contributed by atoms with E-state index >= 15 is 0 Å². The Labute approximate surface area is 106 Å². The SMILES string of the molecule is C=CCNC(=O)c1ccc2c(c1)CCN2C(C)=O. The standard InChI is InChI=1S/C14H16N2O2/c1-3-7-15-14(18)12-4-5-13-11(9-12)6-8-16(13)10(2)17/h3-5,9H,1,6-8H2,2H3,(H,15,18). The lowest BCUT2D eigenvalue weighted by atomic mass is 10.1. The van der Waals surface area contributed by atoms with Crippen molar-refractivity contribution < 1.29 is 9.59 Å². The summed E-state index contributed by atoms with van der Waals surface area (Å²) in [6, 6.07) is 5.45. The molecule has 0 saturated heterocycles. The van der Waals surface area contributed by atoms with Crippen LogP contribution in [0.15, 0.2) is 30.9 Å². The summed E-state index contributed by atoms with van der Waals surface area (Å²) in [5.74, 6) is -0.0726. The van der Waals surface area contributed by atoms with Gasteiger partial charge in [0.25, 0.3) is 5.91 Å². The van der Waals surface area contributed by atoms with Crippen LogP contribution in [0.1, 0.15) is 22.8 Å². The lowest BCUT2D eigenvalue weighted by molar-refractivity contribution is -0.116. The summed E-state index contributed by atoms with van der Waals surface area (Å²) >= 11 is 0. The van der Waals surface area contributed by atoms with Crippen molar-refractivity contribution in [2.45, 2.75) is 13.3 Å². The first-order valence-electron chi connectivity index (χ1n) is 5.93. The average molecular weight is 244 g/mol. The van der Waals surface area contributed by atoms with E-state index in [1.54, 1.807) is 24.0 Å². The Bertz CT molecular complexity index is 509. The first-order valence-corrected chi connectivity index (χ1v) is 5.93. The molecule has 2 amide bonds. The third kappa shape index (κ3) is 2.27. The number of benzene rings is 1. The normalized spacial score (nSPS) is 13.1. The third-order valence-corrected chi connectivity index (χ3v) is 3.02. The number of nitrogens with zero attached hydrogens (tertiary/aromatic N) is 1. The fraction of sp³-hybridized carbons (Fsp3) is 0.286. The number of hydrogen-bond donors (Lipinski definition) is 1. The predicted molar refractivity (Wildman–Crippen MR) is 70.7 cm³/mol. The van der Waals surface area contributed by atoms with Crippen molar-refractivity contribution in [2.24, 2.45) is 0 Å². The number of anilines is 1. The molecular weight excluding hydrogens is 228 g/mol. The Balaban J connectivity index is 2.21. The van der Waals surface area contributed by atoms with Gasteiger partial charge in [0.1, 0.15) is 0 Å². The van der Waals surface area contributed by atoms with E-state index in [0.717, 1.165) is 17.7 Å². The number of carbonyl (C=O) groups is 2. The lowest BCUT2D eigenvalue weighted by Gasteiger charge is -2.14. The second-order valence-corrected chi connectivity index (χ2v) is 4.26. The fourth-order valence-corrected chi connectivity index (χ4v) is 2.14. The highest BCUT2D eigenvalue weighted by Crippen LogP contribution is 2.28. The maximum absolute atomic E-state index is 11.8. The van der Waals surface area contributed by atoms with E-state index in [2.05, 4.69) is 11.9 Å². The molecule has 0 aliphatic carbocycles. The zero-order valence-corrected chi connectivity index (χ0v) is 10.4. The van der Waals surface area contributed by atoms with Crippen LogP contribution in [0.3, 0.4) is 0 Å². The number of nitrogens with one attached hydrogen (secondary N) is 1. The van der Waals surface area contributed by atoms with Gasteiger partial charge in [0.2, 0.25) is 5.91 Å². The van der Waals surface area contributed by atoms with Crippen LogP contribution in [0.2, 0.25) is 0 Å². The van der Waals surface area contributed by atoms with E-state index in [0.29, 0.717) is 18.7 Å². The minimum Gasteiger partial charge on any atom is -0.349 e. The lowest BCUT2D eigenvalue weighted by Crippen LogP contribution is -2.26. The average Bonchev–Trinajstić information content (AvgIpc) is 2.78. The summed E-state index contributed by atoms with van der Waals surface area (Å²) < 4.78 is 0. The van der Waals surface area contributed by atoms with Gasteiger partial charge in [-0.15, -0.1) is 6.58 Å². The molecule has 1 aromatic rings. The molecule has 1 heterocycles. The molecule has 0 bridgehead atoms. The van der Waals surface area contributed by atoms with E-state index in [4.69, 9.17) is 0 Å². The minimum atomic E-state index is -0.112. The molecule has 0 spiro atoms. The predicted octanol–water partition coefficient (Wildman–Crippen LogP) is 1.51. The van der Waals surface area contributed by atoms with Gasteiger partial charge >= 0.3 is 0 Å². The molecule has 4 nitrogen and oxygen atoms in total. The Morgan fingerprint density at radius 2 is 2.28 bits per heavy atom. The molecule has 1 N–H and O–H groups in total. The van der Waals surface area contributed by atoms with Gasteiger partial charge in [-0.3, -0.25) is 9.59 Å². The van der Waals surface area contributed by atoms with E-state index in [-0.39, 0.29) is 11.8 Å². The molecule has 0 atom stereocenters. The fourth-order valence-electron chi connectivity index (χ4n) is 2.14. The van der Waals surface area contributed by atoms with Crippen molar-refractivity contribution in [3.05, 3.63) is 42.0 Å². The van der Waals surface area contributed by atoms with Crippen LogP contribution < -0.4 is 10.2 Å². The van der Waals surface area contributed by atoms with Crippen molar-refractivity contribution in [1.82, 2.24) is 5.32 Å². The molecule has 94 valence electrons. The summed E-state index contributed by atoms with van der Waals surface area (Å²) in [5.41, 5.74) is 2.60. The van der Waals surface area contributed by atoms with Crippen molar-refractivity contribution >= 4 is 17.5 Å². The summed E-state index contributed by atoms with van der Waals surface area (Å²) in [6.45, 7) is 6.26. The summed E-state index contributed by atoms with van der Waals surface area (Å²) in [5, 5.41) is 2.74. The summed E-state index contributed by atoms with van der Waals surface area (Å²) in [4.78, 5) is 24.9. The van der Waals surface area contributed by atoms with E-state index < -0.39 is 0 Å². The third-order valence-electron chi connectivity index (χ3n) is 3.02. The Morgan fingerprint density at radius 1 is 1.50 bits per heavy atom. The monoisotopic (exact) mass is 244 g/mol. The van der Waals surface area contributed by atoms with Crippen molar-refractivity contribution in [3.8, 4) is 0 Å². The molecule has 1 aliphatic rings. The zero-order chi connectivity index (χ0) is 13.1. The number of rotatable bonds is 3. The molecule has 0 unspecified atom stereocenters.